The van der Waals surface area contributed by atoms with E-state index in [1.807, 2.05) is 6.20 Å². The number of nitrogens with zero attached hydrogens (tertiary/aromatic N) is 4. The highest BCUT2D eigenvalue weighted by Gasteiger charge is 2.24. The van der Waals surface area contributed by atoms with Crippen molar-refractivity contribution in [3.63, 3.8) is 0 Å². The fourth-order valence-corrected chi connectivity index (χ4v) is 3.93. The molecule has 1 atom stereocenters. The molecule has 1 N–H and O–H groups in total. The molecule has 0 spiro atoms. The summed E-state index contributed by atoms with van der Waals surface area (Å²) in [4.78, 5) is 7.45. The van der Waals surface area contributed by atoms with Crippen LogP contribution in [0, 0.1) is 0 Å². The summed E-state index contributed by atoms with van der Waals surface area (Å²) >= 11 is 0. The third-order valence-electron chi connectivity index (χ3n) is 5.02. The van der Waals surface area contributed by atoms with Gasteiger partial charge in [0.05, 0.1) is 17.6 Å². The number of piperidine rings is 1. The molecule has 0 unspecified atom stereocenters. The molecule has 126 valence electrons. The predicted molar refractivity (Wildman–Crippen MR) is 96.0 cm³/mol. The molecule has 5 heteroatoms. The first-order chi connectivity index (χ1) is 11.7. The first-order valence-electron chi connectivity index (χ1n) is 8.90. The zero-order valence-electron chi connectivity index (χ0n) is 14.4. The van der Waals surface area contributed by atoms with Crippen LogP contribution in [0.5, 0.6) is 0 Å². The van der Waals surface area contributed by atoms with Gasteiger partial charge in [0.15, 0.2) is 0 Å². The third kappa shape index (κ3) is 2.84. The second kappa shape index (κ2) is 6.40. The Bertz CT molecular complexity index is 802. The fourth-order valence-electron chi connectivity index (χ4n) is 3.93. The number of benzene rings is 1. The van der Waals surface area contributed by atoms with Crippen LogP contribution in [0.15, 0.2) is 36.5 Å². The largest absolute Gasteiger partial charge is 0.324 e. The second-order valence-corrected chi connectivity index (χ2v) is 7.07. The number of aromatic nitrogens is 4. The molecule has 2 aromatic heterocycles. The Balaban J connectivity index is 1.58. The first kappa shape index (κ1) is 15.4. The highest BCUT2D eigenvalue weighted by molar-refractivity contribution is 5.76. The minimum Gasteiger partial charge on any atom is -0.324 e. The van der Waals surface area contributed by atoms with Crippen LogP contribution in [0.3, 0.4) is 0 Å². The molecular formula is C19H25N5. The molecule has 0 amide bonds. The van der Waals surface area contributed by atoms with E-state index in [1.165, 1.54) is 29.9 Å². The average molecular weight is 323 g/mol. The van der Waals surface area contributed by atoms with Crippen LogP contribution in [0.1, 0.15) is 50.2 Å². The Hall–Kier alpha value is -2.14. The standard InChI is InChI=1S/C19H25N5/c1-14(2)24-18-8-4-3-7-17(18)21-19(24)13-23-11-5-6-15(12-23)16-9-10-20-22-16/h3-4,7-10,14-15H,5-6,11-13H2,1-2H3,(H,20,22)/t15-/m1/s1. The van der Waals surface area contributed by atoms with Gasteiger partial charge in [-0.1, -0.05) is 12.1 Å². The van der Waals surface area contributed by atoms with Crippen molar-refractivity contribution in [2.75, 3.05) is 13.1 Å². The lowest BCUT2D eigenvalue weighted by atomic mass is 9.95. The Morgan fingerprint density at radius 3 is 2.92 bits per heavy atom. The lowest BCUT2D eigenvalue weighted by molar-refractivity contribution is 0.191. The number of hydrogen-bond acceptors (Lipinski definition) is 3. The van der Waals surface area contributed by atoms with Gasteiger partial charge in [0.25, 0.3) is 0 Å². The van der Waals surface area contributed by atoms with Crippen LogP contribution in [0.4, 0.5) is 0 Å². The minimum atomic E-state index is 0.417. The molecule has 4 rings (SSSR count). The van der Waals surface area contributed by atoms with Crippen LogP contribution in [-0.4, -0.2) is 37.7 Å². The number of H-pyrrole nitrogens is 1. The molecule has 1 aromatic carbocycles. The summed E-state index contributed by atoms with van der Waals surface area (Å²) in [5.41, 5.74) is 3.60. The molecule has 0 saturated carbocycles. The lowest BCUT2D eigenvalue weighted by Gasteiger charge is -2.32. The van der Waals surface area contributed by atoms with E-state index < -0.39 is 0 Å². The lowest BCUT2D eigenvalue weighted by Crippen LogP contribution is -2.35. The SMILES string of the molecule is CC(C)n1c(CN2CCC[C@@H](c3ccn[nH]3)C2)nc2ccccc21. The highest BCUT2D eigenvalue weighted by Crippen LogP contribution is 2.27. The maximum absolute atomic E-state index is 4.92. The molecule has 0 aliphatic carbocycles. The first-order valence-corrected chi connectivity index (χ1v) is 8.90. The van der Waals surface area contributed by atoms with Crippen molar-refractivity contribution in [2.45, 2.75) is 45.2 Å². The van der Waals surface area contributed by atoms with Crippen molar-refractivity contribution >= 4 is 11.0 Å². The molecular weight excluding hydrogens is 298 g/mol. The van der Waals surface area contributed by atoms with Crippen molar-refractivity contribution in [1.82, 2.24) is 24.6 Å². The van der Waals surface area contributed by atoms with Gasteiger partial charge in [-0.05, 0) is 51.4 Å². The van der Waals surface area contributed by atoms with Crippen molar-refractivity contribution in [2.24, 2.45) is 0 Å². The highest BCUT2D eigenvalue weighted by atomic mass is 15.2. The van der Waals surface area contributed by atoms with Gasteiger partial charge in [-0.3, -0.25) is 10.00 Å². The Morgan fingerprint density at radius 1 is 1.25 bits per heavy atom. The van der Waals surface area contributed by atoms with Crippen LogP contribution in [0.25, 0.3) is 11.0 Å². The number of hydrogen-bond donors (Lipinski definition) is 1. The predicted octanol–water partition coefficient (Wildman–Crippen LogP) is 3.72. The third-order valence-corrected chi connectivity index (χ3v) is 5.02. The molecule has 24 heavy (non-hydrogen) atoms. The molecule has 1 aliphatic heterocycles. The second-order valence-electron chi connectivity index (χ2n) is 7.07. The van der Waals surface area contributed by atoms with Gasteiger partial charge >= 0.3 is 0 Å². The van der Waals surface area contributed by atoms with Crippen molar-refractivity contribution in [3.05, 3.63) is 48.0 Å². The molecule has 1 saturated heterocycles. The maximum atomic E-state index is 4.92. The minimum absolute atomic E-state index is 0.417. The summed E-state index contributed by atoms with van der Waals surface area (Å²) in [6, 6.07) is 11.0. The summed E-state index contributed by atoms with van der Waals surface area (Å²) in [6.45, 7) is 7.61. The van der Waals surface area contributed by atoms with E-state index in [0.29, 0.717) is 12.0 Å². The topological polar surface area (TPSA) is 49.7 Å². The van der Waals surface area contributed by atoms with Crippen molar-refractivity contribution < 1.29 is 0 Å². The summed E-state index contributed by atoms with van der Waals surface area (Å²) in [5.74, 6) is 1.73. The molecule has 3 aromatic rings. The summed E-state index contributed by atoms with van der Waals surface area (Å²) in [7, 11) is 0. The maximum Gasteiger partial charge on any atom is 0.124 e. The Kier molecular flexibility index (Phi) is 4.10. The van der Waals surface area contributed by atoms with Crippen LogP contribution < -0.4 is 0 Å². The van der Waals surface area contributed by atoms with Gasteiger partial charge in [-0.25, -0.2) is 4.98 Å². The van der Waals surface area contributed by atoms with E-state index in [2.05, 4.69) is 63.8 Å². The van der Waals surface area contributed by atoms with E-state index >= 15 is 0 Å². The van der Waals surface area contributed by atoms with E-state index in [9.17, 15) is 0 Å². The van der Waals surface area contributed by atoms with Crippen LogP contribution in [-0.2, 0) is 6.54 Å². The molecule has 5 nitrogen and oxygen atoms in total. The summed E-state index contributed by atoms with van der Waals surface area (Å²) in [5, 5.41) is 7.26. The van der Waals surface area contributed by atoms with Gasteiger partial charge in [0.1, 0.15) is 5.82 Å². The fraction of sp³-hybridized carbons (Fsp3) is 0.474. The molecule has 0 bridgehead atoms. The number of likely N-dealkylation sites (tertiary alicyclic amines) is 1. The van der Waals surface area contributed by atoms with Gasteiger partial charge in [-0.2, -0.15) is 5.10 Å². The van der Waals surface area contributed by atoms with E-state index in [-0.39, 0.29) is 0 Å². The van der Waals surface area contributed by atoms with Gasteiger partial charge in [-0.15, -0.1) is 0 Å². The summed E-state index contributed by atoms with van der Waals surface area (Å²) < 4.78 is 2.38. The van der Waals surface area contributed by atoms with Crippen LogP contribution in [0.2, 0.25) is 0 Å². The number of aromatic amines is 1. The quantitative estimate of drug-likeness (QED) is 0.796. The molecule has 0 radical (unpaired) electrons. The zero-order valence-corrected chi connectivity index (χ0v) is 14.4. The van der Waals surface area contributed by atoms with E-state index in [4.69, 9.17) is 4.98 Å². The van der Waals surface area contributed by atoms with Crippen molar-refractivity contribution in [3.8, 4) is 0 Å². The van der Waals surface area contributed by atoms with Gasteiger partial charge in [0.2, 0.25) is 0 Å². The number of rotatable bonds is 4. The van der Waals surface area contributed by atoms with Gasteiger partial charge < -0.3 is 4.57 Å². The van der Waals surface area contributed by atoms with Crippen molar-refractivity contribution in [1.29, 1.82) is 0 Å². The molecule has 1 aliphatic rings. The Labute approximate surface area is 142 Å². The molecule has 3 heterocycles. The summed E-state index contributed by atoms with van der Waals surface area (Å²) in [6.07, 6.45) is 4.32. The normalized spacial score (nSPS) is 19.4. The number of nitrogens with one attached hydrogen (secondary N) is 1. The van der Waals surface area contributed by atoms with Gasteiger partial charge in [0, 0.05) is 30.4 Å². The number of fused-ring (bicyclic) bond motifs is 1. The number of para-hydroxylation sites is 2. The Morgan fingerprint density at radius 2 is 2.12 bits per heavy atom. The van der Waals surface area contributed by atoms with Crippen LogP contribution >= 0.6 is 0 Å². The van der Waals surface area contributed by atoms with E-state index in [1.54, 1.807) is 0 Å². The van der Waals surface area contributed by atoms with E-state index in [0.717, 1.165) is 25.2 Å². The monoisotopic (exact) mass is 323 g/mol. The zero-order chi connectivity index (χ0) is 16.5. The number of imidazole rings is 1. The smallest absolute Gasteiger partial charge is 0.124 e. The molecule has 1 fully saturated rings. The average Bonchev–Trinajstić information content (AvgIpc) is 3.22.